The Kier molecular flexibility index (Phi) is 5.26. The number of ether oxygens (including phenoxy) is 1. The summed E-state index contributed by atoms with van der Waals surface area (Å²) in [6.45, 7) is 0.528. The van der Waals surface area contributed by atoms with Gasteiger partial charge in [-0.05, 0) is 29.3 Å². The molecule has 0 bridgehead atoms. The minimum absolute atomic E-state index is 0.0470. The highest BCUT2D eigenvalue weighted by Gasteiger charge is 2.33. The van der Waals surface area contributed by atoms with E-state index in [9.17, 15) is 9.90 Å². The van der Waals surface area contributed by atoms with Crippen LogP contribution in [0.3, 0.4) is 0 Å². The molecule has 5 heteroatoms. The molecule has 0 aliphatic carbocycles. The van der Waals surface area contributed by atoms with Crippen molar-refractivity contribution in [2.75, 3.05) is 12.4 Å². The van der Waals surface area contributed by atoms with Crippen LogP contribution < -0.4 is 4.74 Å². The number of benzene rings is 3. The molecule has 0 radical (unpaired) electrons. The number of carboxylic acids is 1. The number of hydrogen-bond acceptors (Lipinski definition) is 4. The van der Waals surface area contributed by atoms with Crippen molar-refractivity contribution in [2.45, 2.75) is 16.7 Å². The first-order valence-corrected chi connectivity index (χ1v) is 10.1. The number of rotatable bonds is 5. The van der Waals surface area contributed by atoms with Crippen molar-refractivity contribution in [1.82, 2.24) is 0 Å². The van der Waals surface area contributed by atoms with E-state index in [2.05, 4.69) is 24.3 Å². The Bertz CT molecular complexity index is 970. The largest absolute Gasteiger partial charge is 0.508 e. The summed E-state index contributed by atoms with van der Waals surface area (Å²) in [7, 11) is 0. The molecule has 0 saturated carbocycles. The van der Waals surface area contributed by atoms with Gasteiger partial charge in [0.1, 0.15) is 11.5 Å². The summed E-state index contributed by atoms with van der Waals surface area (Å²) in [5, 5.41) is 18.7. The van der Waals surface area contributed by atoms with Crippen molar-refractivity contribution in [3.63, 3.8) is 0 Å². The van der Waals surface area contributed by atoms with Crippen LogP contribution in [0.1, 0.15) is 28.5 Å². The van der Waals surface area contributed by atoms with Gasteiger partial charge in [-0.2, -0.15) is 0 Å². The van der Waals surface area contributed by atoms with E-state index < -0.39 is 5.97 Å². The van der Waals surface area contributed by atoms with E-state index in [1.165, 1.54) is 17.3 Å². The first kappa shape index (κ1) is 18.4. The number of phenols is 1. The first-order chi connectivity index (χ1) is 13.6. The summed E-state index contributed by atoms with van der Waals surface area (Å²) in [5.41, 5.74) is 3.39. The number of carbonyl (C=O) groups is 1. The highest BCUT2D eigenvalue weighted by atomic mass is 32.2. The standard InChI is InChI=1S/C23H20O4S/c24-17-8-11-19-21(12-17)27-13-20(15-4-2-1-3-5-15)23(19)16-6-9-18(10-7-16)28-14-22(25)26/h1-12,20,23-24H,13-14H2,(H,25,26)/t20-,23-/m1/s1. The van der Waals surface area contributed by atoms with Crippen LogP contribution in [-0.2, 0) is 4.79 Å². The minimum Gasteiger partial charge on any atom is -0.508 e. The smallest absolute Gasteiger partial charge is 0.313 e. The summed E-state index contributed by atoms with van der Waals surface area (Å²) in [6, 6.07) is 23.7. The van der Waals surface area contributed by atoms with Crippen molar-refractivity contribution < 1.29 is 19.7 Å². The van der Waals surface area contributed by atoms with Crippen LogP contribution in [0.2, 0.25) is 0 Å². The molecule has 0 unspecified atom stereocenters. The van der Waals surface area contributed by atoms with E-state index in [-0.39, 0.29) is 23.3 Å². The van der Waals surface area contributed by atoms with Gasteiger partial charge in [0.15, 0.2) is 0 Å². The maximum absolute atomic E-state index is 10.8. The number of aromatic hydroxyl groups is 1. The SMILES string of the molecule is O=C(O)CSc1ccc([C@@H]2c3ccc(O)cc3OC[C@@H]2c2ccccc2)cc1. The number of hydrogen-bond donors (Lipinski definition) is 2. The molecule has 0 aromatic heterocycles. The lowest BCUT2D eigenvalue weighted by Crippen LogP contribution is -2.25. The van der Waals surface area contributed by atoms with Gasteiger partial charge in [-0.25, -0.2) is 0 Å². The zero-order valence-corrected chi connectivity index (χ0v) is 15.9. The molecule has 4 nitrogen and oxygen atoms in total. The fraction of sp³-hybridized carbons (Fsp3) is 0.174. The van der Waals surface area contributed by atoms with Crippen molar-refractivity contribution in [3.8, 4) is 11.5 Å². The highest BCUT2D eigenvalue weighted by molar-refractivity contribution is 8.00. The van der Waals surface area contributed by atoms with Crippen LogP contribution in [0.4, 0.5) is 0 Å². The summed E-state index contributed by atoms with van der Waals surface area (Å²) in [4.78, 5) is 11.7. The Morgan fingerprint density at radius 1 is 1.00 bits per heavy atom. The normalized spacial score (nSPS) is 18.1. The van der Waals surface area contributed by atoms with E-state index in [4.69, 9.17) is 9.84 Å². The Morgan fingerprint density at radius 2 is 1.75 bits per heavy atom. The van der Waals surface area contributed by atoms with E-state index in [1.807, 2.05) is 36.4 Å². The first-order valence-electron chi connectivity index (χ1n) is 9.07. The topological polar surface area (TPSA) is 66.8 Å². The minimum atomic E-state index is -0.823. The third-order valence-electron chi connectivity index (χ3n) is 4.98. The average molecular weight is 392 g/mol. The molecule has 2 atom stereocenters. The van der Waals surface area contributed by atoms with Gasteiger partial charge in [0.05, 0.1) is 12.4 Å². The average Bonchev–Trinajstić information content (AvgIpc) is 2.72. The van der Waals surface area contributed by atoms with Gasteiger partial charge >= 0.3 is 5.97 Å². The highest BCUT2D eigenvalue weighted by Crippen LogP contribution is 2.47. The molecule has 0 amide bonds. The maximum atomic E-state index is 10.8. The quantitative estimate of drug-likeness (QED) is 0.606. The van der Waals surface area contributed by atoms with Gasteiger partial charge in [-0.15, -0.1) is 11.8 Å². The van der Waals surface area contributed by atoms with Crippen LogP contribution in [-0.4, -0.2) is 28.5 Å². The molecule has 4 rings (SSSR count). The second-order valence-electron chi connectivity index (χ2n) is 6.78. The zero-order chi connectivity index (χ0) is 19.5. The fourth-order valence-corrected chi connectivity index (χ4v) is 4.33. The molecule has 1 aliphatic heterocycles. The molecular formula is C23H20O4S. The Morgan fingerprint density at radius 3 is 2.46 bits per heavy atom. The number of thioether (sulfide) groups is 1. The van der Waals surface area contributed by atoms with Gasteiger partial charge in [0.2, 0.25) is 0 Å². The van der Waals surface area contributed by atoms with Crippen molar-refractivity contribution in [2.24, 2.45) is 0 Å². The molecule has 1 aliphatic rings. The third-order valence-corrected chi connectivity index (χ3v) is 5.98. The van der Waals surface area contributed by atoms with Crippen LogP contribution in [0, 0.1) is 0 Å². The molecule has 3 aromatic rings. The Hall–Kier alpha value is -2.92. The van der Waals surface area contributed by atoms with Crippen LogP contribution in [0.25, 0.3) is 0 Å². The lowest BCUT2D eigenvalue weighted by molar-refractivity contribution is -0.133. The molecule has 0 saturated heterocycles. The van der Waals surface area contributed by atoms with Crippen molar-refractivity contribution >= 4 is 17.7 Å². The lowest BCUT2D eigenvalue weighted by atomic mass is 9.76. The molecule has 2 N–H and O–H groups in total. The molecule has 0 fully saturated rings. The van der Waals surface area contributed by atoms with E-state index in [0.29, 0.717) is 12.4 Å². The summed E-state index contributed by atoms with van der Waals surface area (Å²) in [5.74, 6) is 0.362. The van der Waals surface area contributed by atoms with Gasteiger partial charge in [0.25, 0.3) is 0 Å². The fourth-order valence-electron chi connectivity index (χ4n) is 3.71. The Balaban J connectivity index is 1.72. The monoisotopic (exact) mass is 392 g/mol. The van der Waals surface area contributed by atoms with Crippen molar-refractivity contribution in [3.05, 3.63) is 89.5 Å². The number of aliphatic carboxylic acids is 1. The summed E-state index contributed by atoms with van der Waals surface area (Å²) < 4.78 is 5.98. The molecule has 3 aromatic carbocycles. The predicted molar refractivity (Wildman–Crippen MR) is 109 cm³/mol. The summed E-state index contributed by atoms with van der Waals surface area (Å²) >= 11 is 1.31. The van der Waals surface area contributed by atoms with E-state index >= 15 is 0 Å². The third kappa shape index (κ3) is 3.85. The zero-order valence-electron chi connectivity index (χ0n) is 15.1. The number of phenolic OH excluding ortho intramolecular Hbond substituents is 1. The number of fused-ring (bicyclic) bond motifs is 1. The van der Waals surface area contributed by atoms with Gasteiger partial charge in [-0.1, -0.05) is 48.5 Å². The van der Waals surface area contributed by atoms with Crippen LogP contribution in [0.15, 0.2) is 77.7 Å². The van der Waals surface area contributed by atoms with Gasteiger partial charge in [0, 0.05) is 28.4 Å². The summed E-state index contributed by atoms with van der Waals surface area (Å²) in [6.07, 6.45) is 0. The molecule has 0 spiro atoms. The lowest BCUT2D eigenvalue weighted by Gasteiger charge is -2.34. The van der Waals surface area contributed by atoms with Crippen LogP contribution >= 0.6 is 11.8 Å². The second kappa shape index (κ2) is 7.98. The van der Waals surface area contributed by atoms with E-state index in [1.54, 1.807) is 12.1 Å². The van der Waals surface area contributed by atoms with Gasteiger partial charge in [-0.3, -0.25) is 4.79 Å². The molecular weight excluding hydrogens is 372 g/mol. The Labute approximate surface area is 167 Å². The molecule has 142 valence electrons. The predicted octanol–water partition coefficient (Wildman–Crippen LogP) is 4.88. The van der Waals surface area contributed by atoms with Crippen LogP contribution in [0.5, 0.6) is 11.5 Å². The van der Waals surface area contributed by atoms with Gasteiger partial charge < -0.3 is 14.9 Å². The van der Waals surface area contributed by atoms with E-state index in [0.717, 1.165) is 16.0 Å². The second-order valence-corrected chi connectivity index (χ2v) is 7.83. The number of carboxylic acid groups (broad SMARTS) is 1. The van der Waals surface area contributed by atoms with Crippen molar-refractivity contribution in [1.29, 1.82) is 0 Å². The maximum Gasteiger partial charge on any atom is 0.313 e. The molecule has 28 heavy (non-hydrogen) atoms. The molecule has 1 heterocycles.